The van der Waals surface area contributed by atoms with Crippen LogP contribution < -0.4 is 0 Å². The van der Waals surface area contributed by atoms with Gasteiger partial charge in [0.15, 0.2) is 5.78 Å². The second kappa shape index (κ2) is 8.52. The first kappa shape index (κ1) is 19.4. The molecule has 0 heterocycles. The Morgan fingerprint density at radius 3 is 1.37 bits per heavy atom. The minimum atomic E-state index is 0.210. The zero-order valence-corrected chi connectivity index (χ0v) is 17.0. The van der Waals surface area contributed by atoms with Crippen molar-refractivity contribution in [2.24, 2.45) is 0 Å². The zero-order valence-electron chi connectivity index (χ0n) is 17.0. The highest BCUT2D eigenvalue weighted by Gasteiger charge is 2.20. The molecule has 1 fully saturated rings. The lowest BCUT2D eigenvalue weighted by atomic mass is 9.86. The van der Waals surface area contributed by atoms with Gasteiger partial charge in [-0.25, -0.2) is 0 Å². The third-order valence-electron chi connectivity index (χ3n) is 5.36. The molecule has 0 bridgehead atoms. The summed E-state index contributed by atoms with van der Waals surface area (Å²) in [5.74, 6) is 1.27. The molecule has 3 rings (SSSR count). The summed E-state index contributed by atoms with van der Waals surface area (Å²) in [5, 5.41) is 0. The molecule has 0 unspecified atom stereocenters. The smallest absolute Gasteiger partial charge is 0.185 e. The van der Waals surface area contributed by atoms with Gasteiger partial charge >= 0.3 is 0 Å². The van der Waals surface area contributed by atoms with E-state index in [2.05, 4.69) is 88.4 Å². The van der Waals surface area contributed by atoms with E-state index in [9.17, 15) is 4.79 Å². The van der Waals surface area contributed by atoms with Crippen LogP contribution in [-0.2, 0) is 4.79 Å². The molecule has 27 heavy (non-hydrogen) atoms. The molecule has 0 saturated heterocycles. The number of carbonyl (C=O) groups excluding carboxylic acids is 1. The van der Waals surface area contributed by atoms with Crippen LogP contribution in [0.5, 0.6) is 0 Å². The average molecular weight is 359 g/mol. The molecule has 0 amide bonds. The molecule has 0 N–H and O–H groups in total. The van der Waals surface area contributed by atoms with Gasteiger partial charge in [-0.1, -0.05) is 76.2 Å². The Morgan fingerprint density at radius 1 is 0.667 bits per heavy atom. The summed E-state index contributed by atoms with van der Waals surface area (Å²) in [4.78, 5) is 12.9. The number of allylic oxidation sites excluding steroid dienone is 2. The van der Waals surface area contributed by atoms with Gasteiger partial charge in [-0.3, -0.25) is 4.79 Å². The van der Waals surface area contributed by atoms with E-state index < -0.39 is 0 Å². The maximum atomic E-state index is 12.9. The van der Waals surface area contributed by atoms with Gasteiger partial charge in [-0.05, 0) is 65.5 Å². The third kappa shape index (κ3) is 4.86. The van der Waals surface area contributed by atoms with E-state index in [-0.39, 0.29) is 5.78 Å². The highest BCUT2D eigenvalue weighted by Crippen LogP contribution is 2.28. The molecule has 1 nitrogen and oxygen atoms in total. The number of ketones is 1. The van der Waals surface area contributed by atoms with E-state index in [1.807, 2.05) is 0 Å². The van der Waals surface area contributed by atoms with Crippen LogP contribution in [0.2, 0.25) is 0 Å². The summed E-state index contributed by atoms with van der Waals surface area (Å²) in [6, 6.07) is 17.1. The van der Waals surface area contributed by atoms with Gasteiger partial charge < -0.3 is 0 Å². The van der Waals surface area contributed by atoms with Crippen LogP contribution in [0.25, 0.3) is 12.2 Å². The number of Topliss-reactive ketones (excluding diaryl/α,β-unsaturated/α-hetero) is 1. The van der Waals surface area contributed by atoms with E-state index in [1.165, 1.54) is 11.1 Å². The molecule has 1 aliphatic carbocycles. The molecule has 140 valence electrons. The highest BCUT2D eigenvalue weighted by atomic mass is 16.1. The van der Waals surface area contributed by atoms with Crippen LogP contribution in [0, 0.1) is 0 Å². The summed E-state index contributed by atoms with van der Waals surface area (Å²) in [6.07, 6.45) is 6.92. The fourth-order valence-electron chi connectivity index (χ4n) is 3.53. The Hall–Kier alpha value is -2.41. The molecule has 0 aromatic heterocycles. The van der Waals surface area contributed by atoms with Gasteiger partial charge in [0.1, 0.15) is 0 Å². The molecule has 0 radical (unpaired) electrons. The maximum absolute atomic E-state index is 12.9. The number of hydrogen-bond acceptors (Lipinski definition) is 1. The van der Waals surface area contributed by atoms with Gasteiger partial charge in [0.2, 0.25) is 0 Å². The molecule has 1 heteroatoms. The Bertz CT molecular complexity index is 775. The van der Waals surface area contributed by atoms with Gasteiger partial charge in [0, 0.05) is 11.1 Å². The second-order valence-electron chi connectivity index (χ2n) is 8.16. The Morgan fingerprint density at radius 2 is 1.04 bits per heavy atom. The third-order valence-corrected chi connectivity index (χ3v) is 5.36. The van der Waals surface area contributed by atoms with Crippen molar-refractivity contribution in [3.63, 3.8) is 0 Å². The van der Waals surface area contributed by atoms with Crippen LogP contribution in [0.4, 0.5) is 0 Å². The highest BCUT2D eigenvalue weighted by molar-refractivity contribution is 6.13. The van der Waals surface area contributed by atoms with Crippen LogP contribution in [0.1, 0.15) is 81.0 Å². The fourth-order valence-corrected chi connectivity index (χ4v) is 3.53. The van der Waals surface area contributed by atoms with E-state index in [0.29, 0.717) is 11.8 Å². The topological polar surface area (TPSA) is 17.1 Å². The molecule has 1 saturated carbocycles. The quantitative estimate of drug-likeness (QED) is 0.530. The van der Waals surface area contributed by atoms with Crippen molar-refractivity contribution < 1.29 is 4.79 Å². The van der Waals surface area contributed by atoms with Crippen molar-refractivity contribution in [1.29, 1.82) is 0 Å². The molecule has 2 aromatic carbocycles. The molecule has 0 aliphatic heterocycles. The van der Waals surface area contributed by atoms with Gasteiger partial charge in [-0.2, -0.15) is 0 Å². The van der Waals surface area contributed by atoms with Crippen molar-refractivity contribution in [2.75, 3.05) is 0 Å². The van der Waals surface area contributed by atoms with Gasteiger partial charge in [-0.15, -0.1) is 0 Å². The molecule has 0 spiro atoms. The SMILES string of the molecule is CC(C)c1ccc(/C=C2/CCC/C(=C/c3ccc(C(C)C)cc3)C2=O)cc1. The van der Waals surface area contributed by atoms with E-state index in [4.69, 9.17) is 0 Å². The minimum Gasteiger partial charge on any atom is -0.289 e. The zero-order chi connectivity index (χ0) is 19.4. The fraction of sp³-hybridized carbons (Fsp3) is 0.346. The van der Waals surface area contributed by atoms with Crippen molar-refractivity contribution in [3.8, 4) is 0 Å². The first-order valence-corrected chi connectivity index (χ1v) is 10.1. The summed E-state index contributed by atoms with van der Waals surface area (Å²) in [6.45, 7) is 8.79. The molecular formula is C26H30O. The number of benzene rings is 2. The summed E-state index contributed by atoms with van der Waals surface area (Å²) < 4.78 is 0. The monoisotopic (exact) mass is 358 g/mol. The van der Waals surface area contributed by atoms with Crippen molar-refractivity contribution >= 4 is 17.9 Å². The minimum absolute atomic E-state index is 0.210. The second-order valence-corrected chi connectivity index (χ2v) is 8.16. The molecule has 1 aliphatic rings. The lowest BCUT2D eigenvalue weighted by Crippen LogP contribution is -2.12. The maximum Gasteiger partial charge on any atom is 0.185 e. The first-order valence-electron chi connectivity index (χ1n) is 10.1. The number of rotatable bonds is 4. The van der Waals surface area contributed by atoms with Crippen LogP contribution >= 0.6 is 0 Å². The van der Waals surface area contributed by atoms with Crippen LogP contribution in [0.3, 0.4) is 0 Å². The molecule has 2 aromatic rings. The predicted octanol–water partition coefficient (Wildman–Crippen LogP) is 7.15. The number of hydrogen-bond donors (Lipinski definition) is 0. The Kier molecular flexibility index (Phi) is 6.11. The predicted molar refractivity (Wildman–Crippen MR) is 116 cm³/mol. The molecule has 0 atom stereocenters. The lowest BCUT2D eigenvalue weighted by Gasteiger charge is -2.17. The summed E-state index contributed by atoms with van der Waals surface area (Å²) in [5.41, 5.74) is 6.76. The van der Waals surface area contributed by atoms with Crippen LogP contribution in [0.15, 0.2) is 59.7 Å². The lowest BCUT2D eigenvalue weighted by molar-refractivity contribution is -0.112. The Labute approximate surface area is 163 Å². The molecular weight excluding hydrogens is 328 g/mol. The first-order chi connectivity index (χ1) is 12.9. The largest absolute Gasteiger partial charge is 0.289 e. The summed E-state index contributed by atoms with van der Waals surface area (Å²) in [7, 11) is 0. The van der Waals surface area contributed by atoms with Crippen molar-refractivity contribution in [2.45, 2.75) is 58.8 Å². The Balaban J connectivity index is 1.80. The van der Waals surface area contributed by atoms with Crippen molar-refractivity contribution in [1.82, 2.24) is 0 Å². The van der Waals surface area contributed by atoms with Crippen molar-refractivity contribution in [3.05, 3.63) is 81.9 Å². The van der Waals surface area contributed by atoms with E-state index in [0.717, 1.165) is 41.5 Å². The standard InChI is InChI=1S/C26H30O/c1-18(2)22-12-8-20(9-13-22)16-24-6-5-7-25(26(24)27)17-21-10-14-23(15-11-21)19(3)4/h8-19H,5-7H2,1-4H3/b24-16-,25-17-. The average Bonchev–Trinajstić information content (AvgIpc) is 2.66. The number of carbonyl (C=O) groups is 1. The van der Waals surface area contributed by atoms with Gasteiger partial charge in [0.05, 0.1) is 0 Å². The van der Waals surface area contributed by atoms with E-state index >= 15 is 0 Å². The van der Waals surface area contributed by atoms with Gasteiger partial charge in [0.25, 0.3) is 0 Å². The van der Waals surface area contributed by atoms with Crippen LogP contribution in [-0.4, -0.2) is 5.78 Å². The van der Waals surface area contributed by atoms with E-state index in [1.54, 1.807) is 0 Å². The summed E-state index contributed by atoms with van der Waals surface area (Å²) >= 11 is 0. The normalized spacial score (nSPS) is 18.1.